The molecule has 0 aliphatic carbocycles. The van der Waals surface area contributed by atoms with E-state index in [0.717, 1.165) is 16.6 Å². The van der Waals surface area contributed by atoms with Crippen LogP contribution in [0.1, 0.15) is 25.0 Å². The van der Waals surface area contributed by atoms with Crippen molar-refractivity contribution in [3.8, 4) is 0 Å². The maximum atomic E-state index is 9.54. The van der Waals surface area contributed by atoms with Gasteiger partial charge in [0.25, 0.3) is 0 Å². The van der Waals surface area contributed by atoms with Crippen molar-refractivity contribution in [1.29, 1.82) is 0 Å². The van der Waals surface area contributed by atoms with E-state index in [1.807, 2.05) is 32.1 Å². The summed E-state index contributed by atoms with van der Waals surface area (Å²) in [6.07, 6.45) is 10.3. The number of fused-ring (bicyclic) bond motifs is 1. The number of allylic oxidation sites excluding steroid dienone is 5. The first kappa shape index (κ1) is 12.9. The molecule has 0 bridgehead atoms. The Labute approximate surface area is 108 Å². The van der Waals surface area contributed by atoms with Gasteiger partial charge < -0.3 is 9.68 Å². The molecule has 1 N–H and O–H groups in total. The summed E-state index contributed by atoms with van der Waals surface area (Å²) in [5, 5.41) is 9.54. The summed E-state index contributed by atoms with van der Waals surface area (Å²) < 4.78 is 5.17. The summed E-state index contributed by atoms with van der Waals surface area (Å²) in [6.45, 7) is 4.52. The van der Waals surface area contributed by atoms with Gasteiger partial charge in [0, 0.05) is 0 Å². The van der Waals surface area contributed by atoms with Crippen molar-refractivity contribution >= 4 is 18.7 Å². The van der Waals surface area contributed by atoms with Crippen LogP contribution in [0.5, 0.6) is 0 Å². The summed E-state index contributed by atoms with van der Waals surface area (Å²) in [5.74, 6) is 0. The molecule has 0 unspecified atom stereocenters. The second-order valence-electron chi connectivity index (χ2n) is 4.24. The highest BCUT2D eigenvalue weighted by Gasteiger charge is 2.26. The fourth-order valence-corrected chi connectivity index (χ4v) is 1.99. The molecule has 1 aliphatic heterocycles. The first-order valence-corrected chi connectivity index (χ1v) is 6.14. The topological polar surface area (TPSA) is 29.5 Å². The van der Waals surface area contributed by atoms with Gasteiger partial charge >= 0.3 is 7.12 Å². The van der Waals surface area contributed by atoms with Gasteiger partial charge in [0.1, 0.15) is 0 Å². The molecular formula is C15H17BO2. The lowest BCUT2D eigenvalue weighted by molar-refractivity contribution is 0.275. The largest absolute Gasteiger partial charge is 0.491 e. The Kier molecular flexibility index (Phi) is 4.18. The van der Waals surface area contributed by atoms with Crippen LogP contribution < -0.4 is 5.46 Å². The van der Waals surface area contributed by atoms with Crippen LogP contribution in [0.15, 0.2) is 48.1 Å². The Balaban J connectivity index is 2.19. The van der Waals surface area contributed by atoms with E-state index in [0.29, 0.717) is 6.61 Å². The summed E-state index contributed by atoms with van der Waals surface area (Å²) in [4.78, 5) is 0. The van der Waals surface area contributed by atoms with Crippen LogP contribution in [0.4, 0.5) is 0 Å². The molecule has 18 heavy (non-hydrogen) atoms. The van der Waals surface area contributed by atoms with Crippen molar-refractivity contribution in [1.82, 2.24) is 0 Å². The average Bonchev–Trinajstić information content (AvgIpc) is 2.76. The number of hydrogen-bond donors (Lipinski definition) is 1. The Morgan fingerprint density at radius 1 is 1.33 bits per heavy atom. The molecule has 1 aromatic rings. The first-order valence-electron chi connectivity index (χ1n) is 6.14. The molecule has 0 fully saturated rings. The van der Waals surface area contributed by atoms with Crippen molar-refractivity contribution < 1.29 is 9.68 Å². The molecule has 1 aromatic carbocycles. The maximum absolute atomic E-state index is 9.54. The monoisotopic (exact) mass is 240 g/mol. The zero-order chi connectivity index (χ0) is 13.0. The third-order valence-corrected chi connectivity index (χ3v) is 2.99. The molecule has 2 nitrogen and oxygen atoms in total. The molecule has 1 heterocycles. The molecule has 0 aromatic heterocycles. The van der Waals surface area contributed by atoms with Gasteiger partial charge in [-0.3, -0.25) is 0 Å². The molecule has 0 spiro atoms. The smallest absolute Gasteiger partial charge is 0.423 e. The second kappa shape index (κ2) is 5.85. The molecule has 3 heteroatoms. The highest BCUT2D eigenvalue weighted by Crippen LogP contribution is 2.14. The van der Waals surface area contributed by atoms with Gasteiger partial charge in [0.05, 0.1) is 6.61 Å². The Bertz CT molecular complexity index is 515. The Hall–Kier alpha value is -1.58. The van der Waals surface area contributed by atoms with E-state index < -0.39 is 7.12 Å². The summed E-state index contributed by atoms with van der Waals surface area (Å²) in [7, 11) is -0.757. The van der Waals surface area contributed by atoms with Gasteiger partial charge in [-0.15, -0.1) is 0 Å². The second-order valence-corrected chi connectivity index (χ2v) is 4.24. The summed E-state index contributed by atoms with van der Waals surface area (Å²) in [5.41, 5.74) is 4.24. The molecule has 1 aliphatic rings. The molecule has 2 rings (SSSR count). The van der Waals surface area contributed by atoms with Crippen molar-refractivity contribution in [2.24, 2.45) is 0 Å². The standard InChI is InChI=1S/C15H17BO2/c1-3-5-12(4-2)6-7-13-8-9-15-14(10-13)11-18-16(15)17/h3-10,17H,11H2,1-2H3/b5-3-,7-6+,12-4+. The van der Waals surface area contributed by atoms with Gasteiger partial charge in [-0.1, -0.05) is 42.5 Å². The van der Waals surface area contributed by atoms with E-state index in [1.54, 1.807) is 0 Å². The SMILES string of the molecule is C\C=C/C(/C=C/c1ccc2c(c1)COB2O)=C\C. The van der Waals surface area contributed by atoms with Crippen molar-refractivity contribution in [2.45, 2.75) is 20.5 Å². The lowest BCUT2D eigenvalue weighted by atomic mass is 9.79. The van der Waals surface area contributed by atoms with Crippen LogP contribution in [0.3, 0.4) is 0 Å². The van der Waals surface area contributed by atoms with Crippen molar-refractivity contribution in [3.05, 3.63) is 59.2 Å². The van der Waals surface area contributed by atoms with Crippen LogP contribution in [0.2, 0.25) is 0 Å². The van der Waals surface area contributed by atoms with E-state index in [2.05, 4.69) is 30.4 Å². The van der Waals surface area contributed by atoms with Crippen LogP contribution in [-0.2, 0) is 11.3 Å². The average molecular weight is 240 g/mol. The normalized spacial score (nSPS) is 15.9. The summed E-state index contributed by atoms with van der Waals surface area (Å²) in [6, 6.07) is 5.98. The Morgan fingerprint density at radius 3 is 2.89 bits per heavy atom. The third-order valence-electron chi connectivity index (χ3n) is 2.99. The van der Waals surface area contributed by atoms with Crippen LogP contribution >= 0.6 is 0 Å². The molecule has 0 saturated carbocycles. The van der Waals surface area contributed by atoms with Gasteiger partial charge in [0.2, 0.25) is 0 Å². The van der Waals surface area contributed by atoms with E-state index >= 15 is 0 Å². The number of rotatable bonds is 3. The van der Waals surface area contributed by atoms with Gasteiger partial charge in [0.15, 0.2) is 0 Å². The summed E-state index contributed by atoms with van der Waals surface area (Å²) >= 11 is 0. The molecular weight excluding hydrogens is 223 g/mol. The van der Waals surface area contributed by atoms with Crippen molar-refractivity contribution in [2.75, 3.05) is 0 Å². The fraction of sp³-hybridized carbons (Fsp3) is 0.200. The molecule has 0 amide bonds. The van der Waals surface area contributed by atoms with Gasteiger partial charge in [-0.25, -0.2) is 0 Å². The zero-order valence-corrected chi connectivity index (χ0v) is 10.8. The van der Waals surface area contributed by atoms with Gasteiger partial charge in [-0.05, 0) is 42.1 Å². The van der Waals surface area contributed by atoms with Gasteiger partial charge in [-0.2, -0.15) is 0 Å². The van der Waals surface area contributed by atoms with Crippen molar-refractivity contribution in [3.63, 3.8) is 0 Å². The maximum Gasteiger partial charge on any atom is 0.491 e. The predicted octanol–water partition coefficient (Wildman–Crippen LogP) is 2.44. The fourth-order valence-electron chi connectivity index (χ4n) is 1.99. The minimum Gasteiger partial charge on any atom is -0.423 e. The third kappa shape index (κ3) is 2.81. The van der Waals surface area contributed by atoms with Crippen LogP contribution in [-0.4, -0.2) is 12.1 Å². The predicted molar refractivity (Wildman–Crippen MR) is 76.4 cm³/mol. The number of hydrogen-bond acceptors (Lipinski definition) is 2. The highest BCUT2D eigenvalue weighted by atomic mass is 16.5. The molecule has 0 atom stereocenters. The Morgan fingerprint density at radius 2 is 2.17 bits per heavy atom. The lowest BCUT2D eigenvalue weighted by Gasteiger charge is -2.00. The minimum absolute atomic E-state index is 0.490. The van der Waals surface area contributed by atoms with E-state index in [4.69, 9.17) is 4.65 Å². The zero-order valence-electron chi connectivity index (χ0n) is 10.8. The highest BCUT2D eigenvalue weighted by molar-refractivity contribution is 6.61. The van der Waals surface area contributed by atoms with Crippen LogP contribution in [0.25, 0.3) is 6.08 Å². The quantitative estimate of drug-likeness (QED) is 0.649. The molecule has 92 valence electrons. The van der Waals surface area contributed by atoms with E-state index in [-0.39, 0.29) is 0 Å². The van der Waals surface area contributed by atoms with Crippen LogP contribution in [0, 0.1) is 0 Å². The molecule has 0 saturated heterocycles. The number of benzene rings is 1. The minimum atomic E-state index is -0.757. The van der Waals surface area contributed by atoms with E-state index in [9.17, 15) is 5.02 Å². The molecule has 0 radical (unpaired) electrons. The first-order chi connectivity index (χ1) is 8.74. The van der Waals surface area contributed by atoms with E-state index in [1.165, 1.54) is 5.57 Å². The lowest BCUT2D eigenvalue weighted by Crippen LogP contribution is -2.27.